The lowest BCUT2D eigenvalue weighted by Gasteiger charge is -2.13. The number of hydrogen-bond donors (Lipinski definition) is 1. The van der Waals surface area contributed by atoms with Crippen LogP contribution in [0.3, 0.4) is 0 Å². The Morgan fingerprint density at radius 2 is 2.50 bits per heavy atom. The number of alkyl halides is 1. The maximum absolute atomic E-state index is 8.74. The Kier molecular flexibility index (Phi) is 2.11. The molecule has 0 spiro atoms. The molecule has 0 aromatic rings. The van der Waals surface area contributed by atoms with E-state index in [0.717, 1.165) is 13.0 Å². The molecule has 8 heavy (non-hydrogen) atoms. The summed E-state index contributed by atoms with van der Waals surface area (Å²) in [6, 6.07) is 0. The Balaban J connectivity index is 2.40. The number of aliphatic hydroxyl groups is 1. The summed E-state index contributed by atoms with van der Waals surface area (Å²) in [4.78, 5) is 0. The van der Waals surface area contributed by atoms with Gasteiger partial charge in [-0.05, 0) is 6.42 Å². The second-order valence-corrected chi connectivity index (χ2v) is 4.40. The quantitative estimate of drug-likeness (QED) is 0.525. The normalized spacial score (nSPS) is 38.2. The zero-order chi connectivity index (χ0) is 6.04. The van der Waals surface area contributed by atoms with Crippen LogP contribution < -0.4 is 0 Å². The van der Waals surface area contributed by atoms with Gasteiger partial charge in [0.15, 0.2) is 0 Å². The molecule has 1 fully saturated rings. The Morgan fingerprint density at radius 3 is 2.75 bits per heavy atom. The average Bonchev–Trinajstić information content (AvgIpc) is 2.17. The minimum absolute atomic E-state index is 0.0394. The summed E-state index contributed by atoms with van der Waals surface area (Å²) in [7, 11) is 0. The SMILES string of the molecule is OCC1(I)CCOC1. The summed E-state index contributed by atoms with van der Waals surface area (Å²) in [6.07, 6.45) is 0.990. The molecule has 1 aliphatic heterocycles. The molecule has 1 rings (SSSR count). The van der Waals surface area contributed by atoms with Crippen LogP contribution in [0.15, 0.2) is 0 Å². The lowest BCUT2D eigenvalue weighted by atomic mass is 10.1. The van der Waals surface area contributed by atoms with Gasteiger partial charge in [-0.25, -0.2) is 0 Å². The van der Waals surface area contributed by atoms with E-state index in [0.29, 0.717) is 6.61 Å². The first-order chi connectivity index (χ1) is 3.77. The molecule has 0 aliphatic carbocycles. The molecule has 1 N–H and O–H groups in total. The van der Waals surface area contributed by atoms with Gasteiger partial charge in [-0.1, -0.05) is 22.6 Å². The van der Waals surface area contributed by atoms with E-state index in [4.69, 9.17) is 9.84 Å². The Morgan fingerprint density at radius 1 is 1.75 bits per heavy atom. The third-order valence-electron chi connectivity index (χ3n) is 1.34. The van der Waals surface area contributed by atoms with Gasteiger partial charge in [-0.15, -0.1) is 0 Å². The van der Waals surface area contributed by atoms with E-state index in [1.54, 1.807) is 0 Å². The molecule has 0 saturated carbocycles. The van der Waals surface area contributed by atoms with Gasteiger partial charge in [0, 0.05) is 6.61 Å². The highest BCUT2D eigenvalue weighted by Crippen LogP contribution is 2.27. The van der Waals surface area contributed by atoms with E-state index in [1.165, 1.54) is 0 Å². The predicted molar refractivity (Wildman–Crippen MR) is 39.3 cm³/mol. The molecular weight excluding hydrogens is 219 g/mol. The average molecular weight is 228 g/mol. The summed E-state index contributed by atoms with van der Waals surface area (Å²) in [5.74, 6) is 0. The van der Waals surface area contributed by atoms with E-state index < -0.39 is 0 Å². The second kappa shape index (κ2) is 2.49. The lowest BCUT2D eigenvalue weighted by molar-refractivity contribution is 0.175. The van der Waals surface area contributed by atoms with Crippen LogP contribution in [0.2, 0.25) is 0 Å². The molecule has 2 nitrogen and oxygen atoms in total. The topological polar surface area (TPSA) is 29.5 Å². The van der Waals surface area contributed by atoms with Crippen LogP contribution in [0, 0.1) is 0 Å². The third-order valence-corrected chi connectivity index (χ3v) is 2.53. The highest BCUT2D eigenvalue weighted by molar-refractivity contribution is 14.1. The van der Waals surface area contributed by atoms with Crippen molar-refractivity contribution in [2.24, 2.45) is 0 Å². The van der Waals surface area contributed by atoms with Gasteiger partial charge in [-0.2, -0.15) is 0 Å². The van der Waals surface area contributed by atoms with E-state index in [-0.39, 0.29) is 10.0 Å². The van der Waals surface area contributed by atoms with E-state index in [1.807, 2.05) is 0 Å². The molecule has 3 heteroatoms. The summed E-state index contributed by atoms with van der Waals surface area (Å²) in [5, 5.41) is 8.74. The van der Waals surface area contributed by atoms with Crippen molar-refractivity contribution >= 4 is 22.6 Å². The van der Waals surface area contributed by atoms with Crippen molar-refractivity contribution in [1.29, 1.82) is 0 Å². The summed E-state index contributed by atoms with van der Waals surface area (Å²) >= 11 is 2.25. The fraction of sp³-hybridized carbons (Fsp3) is 1.00. The highest BCUT2D eigenvalue weighted by atomic mass is 127. The van der Waals surface area contributed by atoms with Crippen LogP contribution >= 0.6 is 22.6 Å². The standard InChI is InChI=1S/C5H9IO2/c6-5(3-7)1-2-8-4-5/h7H,1-4H2. The first-order valence-corrected chi connectivity index (χ1v) is 3.72. The third kappa shape index (κ3) is 1.33. The summed E-state index contributed by atoms with van der Waals surface area (Å²) in [6.45, 7) is 1.76. The smallest absolute Gasteiger partial charge is 0.0707 e. The van der Waals surface area contributed by atoms with Crippen molar-refractivity contribution in [3.8, 4) is 0 Å². The number of aliphatic hydroxyl groups excluding tert-OH is 1. The largest absolute Gasteiger partial charge is 0.395 e. The van der Waals surface area contributed by atoms with Crippen LogP contribution in [-0.4, -0.2) is 28.3 Å². The van der Waals surface area contributed by atoms with Crippen molar-refractivity contribution in [3.05, 3.63) is 0 Å². The van der Waals surface area contributed by atoms with Crippen molar-refractivity contribution in [2.45, 2.75) is 9.84 Å². The molecular formula is C5H9IO2. The number of halogens is 1. The molecule has 1 aliphatic rings. The zero-order valence-electron chi connectivity index (χ0n) is 4.56. The Labute approximate surface area is 62.4 Å². The van der Waals surface area contributed by atoms with Gasteiger partial charge in [0.1, 0.15) is 0 Å². The van der Waals surface area contributed by atoms with Crippen molar-refractivity contribution in [1.82, 2.24) is 0 Å². The van der Waals surface area contributed by atoms with Crippen LogP contribution in [0.1, 0.15) is 6.42 Å². The van der Waals surface area contributed by atoms with Crippen molar-refractivity contribution in [2.75, 3.05) is 19.8 Å². The minimum Gasteiger partial charge on any atom is -0.395 e. The minimum atomic E-state index is 0.0394. The van der Waals surface area contributed by atoms with Crippen LogP contribution in [0.4, 0.5) is 0 Å². The fourth-order valence-corrected chi connectivity index (χ4v) is 1.15. The van der Waals surface area contributed by atoms with Gasteiger partial charge in [0.25, 0.3) is 0 Å². The molecule has 0 radical (unpaired) electrons. The maximum Gasteiger partial charge on any atom is 0.0707 e. The number of hydrogen-bond acceptors (Lipinski definition) is 2. The molecule has 1 saturated heterocycles. The van der Waals surface area contributed by atoms with Gasteiger partial charge < -0.3 is 9.84 Å². The van der Waals surface area contributed by atoms with Crippen LogP contribution in [0.5, 0.6) is 0 Å². The van der Waals surface area contributed by atoms with Crippen molar-refractivity contribution in [3.63, 3.8) is 0 Å². The number of ether oxygens (including phenoxy) is 1. The molecule has 0 aromatic heterocycles. The number of rotatable bonds is 1. The van der Waals surface area contributed by atoms with E-state index >= 15 is 0 Å². The monoisotopic (exact) mass is 228 g/mol. The molecule has 48 valence electrons. The fourth-order valence-electron chi connectivity index (χ4n) is 0.707. The highest BCUT2D eigenvalue weighted by Gasteiger charge is 2.30. The summed E-state index contributed by atoms with van der Waals surface area (Å²) < 4.78 is 5.12. The maximum atomic E-state index is 8.74. The van der Waals surface area contributed by atoms with Gasteiger partial charge in [-0.3, -0.25) is 0 Å². The van der Waals surface area contributed by atoms with Gasteiger partial charge in [0.05, 0.1) is 16.6 Å². The Hall–Kier alpha value is 0.650. The van der Waals surface area contributed by atoms with Gasteiger partial charge >= 0.3 is 0 Å². The van der Waals surface area contributed by atoms with Crippen LogP contribution in [0.25, 0.3) is 0 Å². The molecule has 1 atom stereocenters. The molecule has 1 heterocycles. The predicted octanol–water partition coefficient (Wildman–Crippen LogP) is 0.573. The van der Waals surface area contributed by atoms with Crippen LogP contribution in [-0.2, 0) is 4.74 Å². The molecule has 0 amide bonds. The first-order valence-electron chi connectivity index (χ1n) is 2.64. The second-order valence-electron chi connectivity index (χ2n) is 2.11. The Bertz CT molecular complexity index is 78.5. The first kappa shape index (κ1) is 6.77. The zero-order valence-corrected chi connectivity index (χ0v) is 6.72. The van der Waals surface area contributed by atoms with Gasteiger partial charge in [0.2, 0.25) is 0 Å². The van der Waals surface area contributed by atoms with Crippen molar-refractivity contribution < 1.29 is 9.84 Å². The molecule has 1 unspecified atom stereocenters. The van der Waals surface area contributed by atoms with E-state index in [9.17, 15) is 0 Å². The van der Waals surface area contributed by atoms with E-state index in [2.05, 4.69) is 22.6 Å². The molecule has 0 aromatic carbocycles. The molecule has 0 bridgehead atoms. The summed E-state index contributed by atoms with van der Waals surface area (Å²) in [5.41, 5.74) is 0. The lowest BCUT2D eigenvalue weighted by Crippen LogP contribution is -2.24.